The second-order valence-corrected chi connectivity index (χ2v) is 4.28. The van der Waals surface area contributed by atoms with Crippen LogP contribution in [0.4, 0.5) is 0 Å². The summed E-state index contributed by atoms with van der Waals surface area (Å²) in [6, 6.07) is 0. The largest absolute Gasteiger partial charge is 0.376 e. The summed E-state index contributed by atoms with van der Waals surface area (Å²) >= 11 is 0. The van der Waals surface area contributed by atoms with E-state index in [0.29, 0.717) is 6.10 Å². The molecule has 1 rings (SSSR count). The number of hydrogen-bond acceptors (Lipinski definition) is 2. The molecule has 0 aromatic carbocycles. The smallest absolute Gasteiger partial charge is 0.0747 e. The van der Waals surface area contributed by atoms with E-state index in [2.05, 4.69) is 26.1 Å². The number of rotatable bonds is 0. The Labute approximate surface area is 69.3 Å². The van der Waals surface area contributed by atoms with Crippen molar-refractivity contribution in [3.05, 3.63) is 0 Å². The molecule has 1 N–H and O–H groups in total. The number of nitrogens with one attached hydrogen (secondary N) is 1. The van der Waals surface area contributed by atoms with E-state index in [1.807, 2.05) is 0 Å². The van der Waals surface area contributed by atoms with Gasteiger partial charge in [-0.3, -0.25) is 0 Å². The average molecular weight is 157 g/mol. The number of ether oxygens (including phenoxy) is 1. The zero-order valence-electron chi connectivity index (χ0n) is 7.81. The molecule has 11 heavy (non-hydrogen) atoms. The van der Waals surface area contributed by atoms with E-state index in [1.54, 1.807) is 0 Å². The van der Waals surface area contributed by atoms with Crippen LogP contribution in [0.2, 0.25) is 0 Å². The van der Waals surface area contributed by atoms with Gasteiger partial charge in [-0.05, 0) is 18.4 Å². The molecule has 0 saturated carbocycles. The molecular weight excluding hydrogens is 138 g/mol. The van der Waals surface area contributed by atoms with Gasteiger partial charge in [0.05, 0.1) is 6.10 Å². The molecule has 1 aliphatic heterocycles. The molecular formula is C9H19NO. The van der Waals surface area contributed by atoms with Crippen molar-refractivity contribution in [2.24, 2.45) is 5.41 Å². The van der Waals surface area contributed by atoms with Crippen LogP contribution in [0.1, 0.15) is 27.2 Å². The summed E-state index contributed by atoms with van der Waals surface area (Å²) in [5.41, 5.74) is 0.275. The van der Waals surface area contributed by atoms with Crippen LogP contribution in [0, 0.1) is 5.41 Å². The van der Waals surface area contributed by atoms with Gasteiger partial charge in [-0.25, -0.2) is 0 Å². The zero-order chi connectivity index (χ0) is 8.32. The molecule has 2 heteroatoms. The minimum Gasteiger partial charge on any atom is -0.376 e. The van der Waals surface area contributed by atoms with Gasteiger partial charge in [-0.1, -0.05) is 20.8 Å². The SMILES string of the molecule is CC(C)(C)C1CNCCCO1. The Balaban J connectivity index is 2.43. The maximum atomic E-state index is 5.70. The first kappa shape index (κ1) is 9.01. The molecule has 0 aliphatic carbocycles. The molecule has 0 radical (unpaired) electrons. The van der Waals surface area contributed by atoms with Crippen LogP contribution in [0.15, 0.2) is 0 Å². The van der Waals surface area contributed by atoms with E-state index in [9.17, 15) is 0 Å². The molecule has 1 unspecified atom stereocenters. The van der Waals surface area contributed by atoms with Crippen LogP contribution in [-0.2, 0) is 4.74 Å². The first-order valence-electron chi connectivity index (χ1n) is 4.43. The van der Waals surface area contributed by atoms with Gasteiger partial charge in [-0.2, -0.15) is 0 Å². The first-order chi connectivity index (χ1) is 5.11. The maximum absolute atomic E-state index is 5.70. The Morgan fingerprint density at radius 1 is 1.36 bits per heavy atom. The molecule has 0 spiro atoms. The lowest BCUT2D eigenvalue weighted by Gasteiger charge is -2.29. The summed E-state index contributed by atoms with van der Waals surface area (Å²) in [6.07, 6.45) is 1.53. The van der Waals surface area contributed by atoms with E-state index in [0.717, 1.165) is 26.1 Å². The Morgan fingerprint density at radius 2 is 2.09 bits per heavy atom. The van der Waals surface area contributed by atoms with Crippen LogP contribution in [-0.4, -0.2) is 25.8 Å². The second kappa shape index (κ2) is 3.55. The van der Waals surface area contributed by atoms with Gasteiger partial charge in [0.25, 0.3) is 0 Å². The maximum Gasteiger partial charge on any atom is 0.0747 e. The van der Waals surface area contributed by atoms with Gasteiger partial charge in [0, 0.05) is 13.2 Å². The van der Waals surface area contributed by atoms with Crippen LogP contribution < -0.4 is 5.32 Å². The molecule has 2 nitrogen and oxygen atoms in total. The van der Waals surface area contributed by atoms with Gasteiger partial charge >= 0.3 is 0 Å². The highest BCUT2D eigenvalue weighted by molar-refractivity contribution is 4.78. The third-order valence-corrected chi connectivity index (χ3v) is 2.11. The minimum atomic E-state index is 0.275. The quantitative estimate of drug-likeness (QED) is 0.574. The topological polar surface area (TPSA) is 21.3 Å². The normalized spacial score (nSPS) is 28.1. The molecule has 1 heterocycles. The fourth-order valence-electron chi connectivity index (χ4n) is 1.27. The monoisotopic (exact) mass is 157 g/mol. The molecule has 66 valence electrons. The van der Waals surface area contributed by atoms with Gasteiger partial charge in [0.15, 0.2) is 0 Å². The lowest BCUT2D eigenvalue weighted by atomic mass is 9.89. The predicted molar refractivity (Wildman–Crippen MR) is 46.7 cm³/mol. The highest BCUT2D eigenvalue weighted by atomic mass is 16.5. The van der Waals surface area contributed by atoms with E-state index >= 15 is 0 Å². The molecule has 0 aromatic rings. The summed E-state index contributed by atoms with van der Waals surface area (Å²) < 4.78 is 5.70. The van der Waals surface area contributed by atoms with Crippen molar-refractivity contribution in [1.82, 2.24) is 5.32 Å². The molecule has 0 bridgehead atoms. The molecule has 0 aromatic heterocycles. The van der Waals surface area contributed by atoms with Crippen molar-refractivity contribution < 1.29 is 4.74 Å². The fourth-order valence-corrected chi connectivity index (χ4v) is 1.27. The lowest BCUT2D eigenvalue weighted by Crippen LogP contribution is -2.36. The summed E-state index contributed by atoms with van der Waals surface area (Å²) in [5, 5.41) is 3.38. The van der Waals surface area contributed by atoms with Crippen molar-refractivity contribution in [2.45, 2.75) is 33.3 Å². The van der Waals surface area contributed by atoms with Crippen molar-refractivity contribution in [2.75, 3.05) is 19.7 Å². The summed E-state index contributed by atoms with van der Waals surface area (Å²) in [6.45, 7) is 9.70. The van der Waals surface area contributed by atoms with E-state index in [1.165, 1.54) is 0 Å². The van der Waals surface area contributed by atoms with E-state index in [4.69, 9.17) is 4.74 Å². The van der Waals surface area contributed by atoms with Gasteiger partial charge in [0.2, 0.25) is 0 Å². The third kappa shape index (κ3) is 2.80. The fraction of sp³-hybridized carbons (Fsp3) is 1.00. The molecule has 1 fully saturated rings. The minimum absolute atomic E-state index is 0.275. The average Bonchev–Trinajstić information content (AvgIpc) is 2.10. The third-order valence-electron chi connectivity index (χ3n) is 2.11. The first-order valence-corrected chi connectivity index (χ1v) is 4.43. The Bertz CT molecular complexity index is 109. The number of hydrogen-bond donors (Lipinski definition) is 1. The van der Waals surface area contributed by atoms with E-state index < -0.39 is 0 Å². The second-order valence-electron chi connectivity index (χ2n) is 4.28. The Hall–Kier alpha value is -0.0800. The van der Waals surface area contributed by atoms with E-state index in [-0.39, 0.29) is 5.41 Å². The van der Waals surface area contributed by atoms with Crippen molar-refractivity contribution in [3.63, 3.8) is 0 Å². The van der Waals surface area contributed by atoms with Crippen molar-refractivity contribution in [1.29, 1.82) is 0 Å². The van der Waals surface area contributed by atoms with Crippen molar-refractivity contribution >= 4 is 0 Å². The highest BCUT2D eigenvalue weighted by Gasteiger charge is 2.25. The van der Waals surface area contributed by atoms with Gasteiger partial charge in [0.1, 0.15) is 0 Å². The summed E-state index contributed by atoms with van der Waals surface area (Å²) in [5.74, 6) is 0. The van der Waals surface area contributed by atoms with Crippen LogP contribution in [0.3, 0.4) is 0 Å². The standard InChI is InChI=1S/C9H19NO/c1-9(2,3)8-7-10-5-4-6-11-8/h8,10H,4-7H2,1-3H3. The van der Waals surface area contributed by atoms with Gasteiger partial charge < -0.3 is 10.1 Å². The zero-order valence-corrected chi connectivity index (χ0v) is 7.81. The Kier molecular flexibility index (Phi) is 2.90. The Morgan fingerprint density at radius 3 is 2.73 bits per heavy atom. The summed E-state index contributed by atoms with van der Waals surface area (Å²) in [7, 11) is 0. The lowest BCUT2D eigenvalue weighted by molar-refractivity contribution is -0.00552. The van der Waals surface area contributed by atoms with Gasteiger partial charge in [-0.15, -0.1) is 0 Å². The molecule has 1 aliphatic rings. The van der Waals surface area contributed by atoms with Crippen LogP contribution in [0.25, 0.3) is 0 Å². The van der Waals surface area contributed by atoms with Crippen LogP contribution in [0.5, 0.6) is 0 Å². The molecule has 1 saturated heterocycles. The molecule has 1 atom stereocenters. The van der Waals surface area contributed by atoms with Crippen LogP contribution >= 0.6 is 0 Å². The van der Waals surface area contributed by atoms with Crippen molar-refractivity contribution in [3.8, 4) is 0 Å². The summed E-state index contributed by atoms with van der Waals surface area (Å²) in [4.78, 5) is 0. The molecule has 0 amide bonds. The predicted octanol–water partition coefficient (Wildman–Crippen LogP) is 1.41. The highest BCUT2D eigenvalue weighted by Crippen LogP contribution is 2.22.